The van der Waals surface area contributed by atoms with Gasteiger partial charge in [0, 0.05) is 19.0 Å². The fourth-order valence-electron chi connectivity index (χ4n) is 3.05. The molecule has 0 saturated carbocycles. The highest BCUT2D eigenvalue weighted by Gasteiger charge is 2.35. The number of likely N-dealkylation sites (tertiary alicyclic amines) is 1. The molecule has 1 fully saturated rings. The lowest BCUT2D eigenvalue weighted by molar-refractivity contribution is 0.223. The Balaban J connectivity index is 2.46. The summed E-state index contributed by atoms with van der Waals surface area (Å²) in [5.74, 6) is 3.38. The minimum Gasteiger partial charge on any atom is -0.330 e. The topological polar surface area (TPSA) is 29.3 Å². The van der Waals surface area contributed by atoms with E-state index in [0.29, 0.717) is 11.3 Å². The Morgan fingerprint density at radius 2 is 2.24 bits per heavy atom. The van der Waals surface area contributed by atoms with Gasteiger partial charge in [0.1, 0.15) is 0 Å². The molecule has 17 heavy (non-hydrogen) atoms. The van der Waals surface area contributed by atoms with Gasteiger partial charge in [0.15, 0.2) is 0 Å². The van der Waals surface area contributed by atoms with Crippen molar-refractivity contribution in [2.24, 2.45) is 17.1 Å². The largest absolute Gasteiger partial charge is 0.330 e. The lowest BCUT2D eigenvalue weighted by atomic mass is 9.81. The molecule has 0 aliphatic carbocycles. The highest BCUT2D eigenvalue weighted by Crippen LogP contribution is 2.37. The van der Waals surface area contributed by atoms with Crippen LogP contribution in [0.4, 0.5) is 0 Å². The molecular weight excluding hydrogens is 208 g/mol. The summed E-state index contributed by atoms with van der Waals surface area (Å²) in [6.07, 6.45) is 11.6. The Hall–Kier alpha value is -0.520. The molecule has 0 spiro atoms. The third kappa shape index (κ3) is 4.01. The average Bonchev–Trinajstić information content (AvgIpc) is 2.73. The zero-order valence-corrected chi connectivity index (χ0v) is 11.5. The molecule has 98 valence electrons. The van der Waals surface area contributed by atoms with Gasteiger partial charge in [-0.2, -0.15) is 0 Å². The maximum atomic E-state index is 5.74. The van der Waals surface area contributed by atoms with Gasteiger partial charge in [-0.3, -0.25) is 0 Å². The number of terminal acetylenes is 1. The fraction of sp³-hybridized carbons (Fsp3) is 0.867. The van der Waals surface area contributed by atoms with Gasteiger partial charge in [-0.25, -0.2) is 0 Å². The molecule has 0 aromatic rings. The van der Waals surface area contributed by atoms with Crippen molar-refractivity contribution in [2.45, 2.75) is 46.0 Å². The zero-order valence-electron chi connectivity index (χ0n) is 11.5. The van der Waals surface area contributed by atoms with Crippen LogP contribution in [-0.2, 0) is 0 Å². The molecule has 1 heterocycles. The molecule has 1 aliphatic rings. The molecule has 2 unspecified atom stereocenters. The van der Waals surface area contributed by atoms with Crippen LogP contribution in [-0.4, -0.2) is 31.1 Å². The van der Waals surface area contributed by atoms with Crippen molar-refractivity contribution < 1.29 is 0 Å². The first-order valence-corrected chi connectivity index (χ1v) is 7.08. The van der Waals surface area contributed by atoms with E-state index in [9.17, 15) is 0 Å². The first-order chi connectivity index (χ1) is 8.19. The molecule has 2 nitrogen and oxygen atoms in total. The van der Waals surface area contributed by atoms with Gasteiger partial charge in [0.25, 0.3) is 0 Å². The van der Waals surface area contributed by atoms with Crippen LogP contribution >= 0.6 is 0 Å². The van der Waals surface area contributed by atoms with E-state index in [1.165, 1.54) is 32.4 Å². The number of nitrogens with zero attached hydrogens (tertiary/aromatic N) is 1. The van der Waals surface area contributed by atoms with Gasteiger partial charge in [0.2, 0.25) is 0 Å². The van der Waals surface area contributed by atoms with Crippen LogP contribution in [0.25, 0.3) is 0 Å². The van der Waals surface area contributed by atoms with Crippen molar-refractivity contribution in [2.75, 3.05) is 26.2 Å². The summed E-state index contributed by atoms with van der Waals surface area (Å²) in [7, 11) is 0. The van der Waals surface area contributed by atoms with E-state index in [1.54, 1.807) is 0 Å². The van der Waals surface area contributed by atoms with E-state index in [4.69, 9.17) is 12.2 Å². The lowest BCUT2D eigenvalue weighted by Crippen LogP contribution is -2.31. The zero-order chi connectivity index (χ0) is 12.7. The smallest absolute Gasteiger partial charge is 0.0327 e. The molecule has 0 amide bonds. The van der Waals surface area contributed by atoms with E-state index >= 15 is 0 Å². The van der Waals surface area contributed by atoms with Gasteiger partial charge in [0.05, 0.1) is 0 Å². The summed E-state index contributed by atoms with van der Waals surface area (Å²) in [4.78, 5) is 2.55. The SMILES string of the molecule is C#CC(CCC)CN1CCC(CC)(CCN)C1. The average molecular weight is 236 g/mol. The summed E-state index contributed by atoms with van der Waals surface area (Å²) >= 11 is 0. The van der Waals surface area contributed by atoms with E-state index < -0.39 is 0 Å². The molecular formula is C15H28N2. The normalized spacial score (nSPS) is 26.9. The van der Waals surface area contributed by atoms with Crippen molar-refractivity contribution in [3.8, 4) is 12.3 Å². The third-order valence-electron chi connectivity index (χ3n) is 4.29. The maximum absolute atomic E-state index is 5.74. The van der Waals surface area contributed by atoms with Crippen molar-refractivity contribution in [3.63, 3.8) is 0 Å². The van der Waals surface area contributed by atoms with Crippen molar-refractivity contribution in [1.82, 2.24) is 4.90 Å². The number of rotatable bonds is 7. The highest BCUT2D eigenvalue weighted by molar-refractivity contribution is 4.97. The summed E-state index contributed by atoms with van der Waals surface area (Å²) in [5, 5.41) is 0. The maximum Gasteiger partial charge on any atom is 0.0327 e. The van der Waals surface area contributed by atoms with Crippen LogP contribution in [0.15, 0.2) is 0 Å². The predicted molar refractivity (Wildman–Crippen MR) is 74.7 cm³/mol. The van der Waals surface area contributed by atoms with Gasteiger partial charge in [-0.1, -0.05) is 20.3 Å². The van der Waals surface area contributed by atoms with Crippen molar-refractivity contribution in [1.29, 1.82) is 0 Å². The molecule has 2 N–H and O–H groups in total. The molecule has 2 atom stereocenters. The molecule has 2 heteroatoms. The Morgan fingerprint density at radius 1 is 1.47 bits per heavy atom. The molecule has 0 aromatic carbocycles. The van der Waals surface area contributed by atoms with Crippen LogP contribution in [0.3, 0.4) is 0 Å². The highest BCUT2D eigenvalue weighted by atomic mass is 15.2. The van der Waals surface area contributed by atoms with Gasteiger partial charge < -0.3 is 10.6 Å². The summed E-state index contributed by atoms with van der Waals surface area (Å²) in [5.41, 5.74) is 6.21. The predicted octanol–water partition coefficient (Wildman–Crippen LogP) is 2.49. The van der Waals surface area contributed by atoms with E-state index in [2.05, 4.69) is 24.7 Å². The van der Waals surface area contributed by atoms with E-state index in [0.717, 1.165) is 25.9 Å². The standard InChI is InChI=1S/C15H28N2/c1-4-7-14(5-2)12-17-11-9-15(6-3,13-17)8-10-16/h2,14H,4,6-13,16H2,1,3H3. The Bertz CT molecular complexity index is 256. The molecule has 0 radical (unpaired) electrons. The summed E-state index contributed by atoms with van der Waals surface area (Å²) in [6.45, 7) is 8.80. The Kier molecular flexibility index (Phi) is 6.02. The summed E-state index contributed by atoms with van der Waals surface area (Å²) < 4.78 is 0. The Morgan fingerprint density at radius 3 is 2.76 bits per heavy atom. The molecule has 1 saturated heterocycles. The second-order valence-corrected chi connectivity index (χ2v) is 5.53. The second-order valence-electron chi connectivity index (χ2n) is 5.53. The first kappa shape index (κ1) is 14.5. The Labute approximate surface area is 107 Å². The minimum atomic E-state index is 0.436. The van der Waals surface area contributed by atoms with Crippen LogP contribution < -0.4 is 5.73 Å². The van der Waals surface area contributed by atoms with E-state index in [1.807, 2.05) is 0 Å². The fourth-order valence-corrected chi connectivity index (χ4v) is 3.05. The summed E-state index contributed by atoms with van der Waals surface area (Å²) in [6, 6.07) is 0. The van der Waals surface area contributed by atoms with Crippen LogP contribution in [0.2, 0.25) is 0 Å². The van der Waals surface area contributed by atoms with E-state index in [-0.39, 0.29) is 0 Å². The number of hydrogen-bond acceptors (Lipinski definition) is 2. The molecule has 1 aliphatic heterocycles. The molecule has 1 rings (SSSR count). The number of hydrogen-bond donors (Lipinski definition) is 1. The van der Waals surface area contributed by atoms with Gasteiger partial charge >= 0.3 is 0 Å². The van der Waals surface area contributed by atoms with Crippen molar-refractivity contribution in [3.05, 3.63) is 0 Å². The van der Waals surface area contributed by atoms with Crippen LogP contribution in [0.1, 0.15) is 46.0 Å². The van der Waals surface area contributed by atoms with Crippen molar-refractivity contribution >= 4 is 0 Å². The lowest BCUT2D eigenvalue weighted by Gasteiger charge is -2.28. The molecule has 0 aromatic heterocycles. The third-order valence-corrected chi connectivity index (χ3v) is 4.29. The minimum absolute atomic E-state index is 0.436. The second kappa shape index (κ2) is 7.03. The first-order valence-electron chi connectivity index (χ1n) is 7.08. The molecule has 0 bridgehead atoms. The monoisotopic (exact) mass is 236 g/mol. The van der Waals surface area contributed by atoms with Gasteiger partial charge in [-0.15, -0.1) is 12.3 Å². The number of nitrogens with two attached hydrogens (primary N) is 1. The van der Waals surface area contributed by atoms with Crippen LogP contribution in [0, 0.1) is 23.7 Å². The van der Waals surface area contributed by atoms with Crippen LogP contribution in [0.5, 0.6) is 0 Å². The quantitative estimate of drug-likeness (QED) is 0.688. The van der Waals surface area contributed by atoms with Gasteiger partial charge in [-0.05, 0) is 44.2 Å².